The van der Waals surface area contributed by atoms with E-state index in [1.54, 1.807) is 18.7 Å². The molecule has 3 nitrogen and oxygen atoms in total. The topological polar surface area (TPSA) is 38.7 Å². The molecule has 0 atom stereocenters. The summed E-state index contributed by atoms with van der Waals surface area (Å²) in [6.45, 7) is 1.95. The fourth-order valence-corrected chi connectivity index (χ4v) is 0.976. The van der Waals surface area contributed by atoms with Gasteiger partial charge < -0.3 is 0 Å². The Morgan fingerprint density at radius 1 is 1.18 bits per heavy atom. The molecule has 2 aromatic heterocycles. The number of nitrogens with zero attached hydrogens (tertiary/aromatic N) is 3. The predicted molar refractivity (Wildman–Crippen MR) is 42.1 cm³/mol. The molecule has 0 fully saturated rings. The maximum Gasteiger partial charge on any atom is 0.116 e. The maximum atomic E-state index is 4.13. The molecule has 0 spiro atoms. The third-order valence-electron chi connectivity index (χ3n) is 1.53. The zero-order valence-corrected chi connectivity index (χ0v) is 6.15. The number of hydrogen-bond acceptors (Lipinski definition) is 3. The average molecular weight is 145 g/mol. The van der Waals surface area contributed by atoms with Crippen LogP contribution in [0.5, 0.6) is 0 Å². The highest BCUT2D eigenvalue weighted by molar-refractivity contribution is 5.76. The van der Waals surface area contributed by atoms with Crippen molar-refractivity contribution >= 4 is 10.9 Å². The summed E-state index contributed by atoms with van der Waals surface area (Å²) in [4.78, 5) is 12.1. The van der Waals surface area contributed by atoms with Crippen molar-refractivity contribution in [2.45, 2.75) is 6.92 Å². The lowest BCUT2D eigenvalue weighted by Crippen LogP contribution is -1.84. The van der Waals surface area contributed by atoms with Gasteiger partial charge in [0.2, 0.25) is 0 Å². The van der Waals surface area contributed by atoms with Gasteiger partial charge in [0.15, 0.2) is 0 Å². The summed E-state index contributed by atoms with van der Waals surface area (Å²) in [5.74, 6) is 0. The van der Waals surface area contributed by atoms with E-state index < -0.39 is 0 Å². The van der Waals surface area contributed by atoms with Crippen molar-refractivity contribution in [1.29, 1.82) is 0 Å². The van der Waals surface area contributed by atoms with Crippen LogP contribution in [0.4, 0.5) is 0 Å². The molecule has 11 heavy (non-hydrogen) atoms. The molecule has 0 aliphatic heterocycles. The molecule has 0 radical (unpaired) electrons. The molecule has 0 aromatic carbocycles. The van der Waals surface area contributed by atoms with E-state index in [0.717, 1.165) is 16.6 Å². The third kappa shape index (κ3) is 1.05. The van der Waals surface area contributed by atoms with Gasteiger partial charge in [-0.3, -0.25) is 4.98 Å². The Morgan fingerprint density at radius 3 is 3.00 bits per heavy atom. The van der Waals surface area contributed by atoms with Gasteiger partial charge in [-0.15, -0.1) is 0 Å². The maximum absolute atomic E-state index is 4.13. The lowest BCUT2D eigenvalue weighted by Gasteiger charge is -1.94. The van der Waals surface area contributed by atoms with E-state index in [2.05, 4.69) is 15.0 Å². The molecule has 0 aliphatic rings. The van der Waals surface area contributed by atoms with Crippen LogP contribution in [0.1, 0.15) is 5.69 Å². The van der Waals surface area contributed by atoms with Crippen LogP contribution >= 0.6 is 0 Å². The van der Waals surface area contributed by atoms with Crippen LogP contribution in [0.25, 0.3) is 10.9 Å². The minimum atomic E-state index is 0.951. The first-order valence-electron chi connectivity index (χ1n) is 3.38. The number of hydrogen-bond donors (Lipinski definition) is 0. The van der Waals surface area contributed by atoms with Gasteiger partial charge in [-0.25, -0.2) is 9.97 Å². The van der Waals surface area contributed by atoms with Crippen molar-refractivity contribution in [3.05, 3.63) is 30.5 Å². The third-order valence-corrected chi connectivity index (χ3v) is 1.53. The first-order chi connectivity index (χ1) is 5.36. The van der Waals surface area contributed by atoms with Crippen molar-refractivity contribution in [3.63, 3.8) is 0 Å². The van der Waals surface area contributed by atoms with Crippen molar-refractivity contribution < 1.29 is 0 Å². The van der Waals surface area contributed by atoms with E-state index in [9.17, 15) is 0 Å². The molecule has 0 unspecified atom stereocenters. The second-order valence-corrected chi connectivity index (χ2v) is 2.41. The summed E-state index contributed by atoms with van der Waals surface area (Å²) in [6, 6.07) is 1.94. The summed E-state index contributed by atoms with van der Waals surface area (Å²) >= 11 is 0. The minimum absolute atomic E-state index is 0.951. The molecule has 0 bridgehead atoms. The number of rotatable bonds is 0. The van der Waals surface area contributed by atoms with Gasteiger partial charge in [0.25, 0.3) is 0 Å². The van der Waals surface area contributed by atoms with Crippen LogP contribution in [-0.4, -0.2) is 15.0 Å². The van der Waals surface area contributed by atoms with Gasteiger partial charge in [-0.2, -0.15) is 0 Å². The summed E-state index contributed by atoms with van der Waals surface area (Å²) < 4.78 is 0. The van der Waals surface area contributed by atoms with Crippen LogP contribution in [0, 0.1) is 6.92 Å². The average Bonchev–Trinajstić information content (AvgIpc) is 2.04. The fraction of sp³-hybridized carbons (Fsp3) is 0.125. The molecular formula is C8H7N3. The Hall–Kier alpha value is -1.51. The second kappa shape index (κ2) is 2.27. The Bertz CT molecular complexity index is 384. The molecular weight excluding hydrogens is 138 g/mol. The largest absolute Gasteiger partial charge is 0.261 e. The standard InChI is InChI=1S/C8H7N3/c1-6-2-8-7(4-10-6)3-9-5-11-8/h2-5H,1H3. The Balaban J connectivity index is 2.83. The zero-order chi connectivity index (χ0) is 7.68. The molecule has 2 aromatic rings. The van der Waals surface area contributed by atoms with Crippen molar-refractivity contribution in [2.24, 2.45) is 0 Å². The SMILES string of the molecule is Cc1cc2ncncc2cn1. The molecule has 2 rings (SSSR count). The van der Waals surface area contributed by atoms with E-state index in [-0.39, 0.29) is 0 Å². The van der Waals surface area contributed by atoms with Gasteiger partial charge in [-0.05, 0) is 13.0 Å². The quantitative estimate of drug-likeness (QED) is 0.561. The molecule has 0 saturated heterocycles. The highest BCUT2D eigenvalue weighted by Gasteiger charge is 1.92. The summed E-state index contributed by atoms with van der Waals surface area (Å²) in [6.07, 6.45) is 5.08. The zero-order valence-electron chi connectivity index (χ0n) is 6.15. The highest BCUT2D eigenvalue weighted by atomic mass is 14.8. The van der Waals surface area contributed by atoms with Crippen molar-refractivity contribution in [2.75, 3.05) is 0 Å². The Labute approximate surface area is 64.1 Å². The van der Waals surface area contributed by atoms with Gasteiger partial charge in [0.05, 0.1) is 5.52 Å². The molecule has 2 heterocycles. The minimum Gasteiger partial charge on any atom is -0.261 e. The Kier molecular flexibility index (Phi) is 1.28. The normalized spacial score (nSPS) is 10.3. The smallest absolute Gasteiger partial charge is 0.116 e. The van der Waals surface area contributed by atoms with Gasteiger partial charge in [0.1, 0.15) is 6.33 Å². The van der Waals surface area contributed by atoms with Crippen LogP contribution in [0.3, 0.4) is 0 Å². The predicted octanol–water partition coefficient (Wildman–Crippen LogP) is 1.33. The first-order valence-corrected chi connectivity index (χ1v) is 3.38. The molecule has 0 N–H and O–H groups in total. The lowest BCUT2D eigenvalue weighted by atomic mass is 10.3. The molecule has 3 heteroatoms. The van der Waals surface area contributed by atoms with Gasteiger partial charge in [-0.1, -0.05) is 0 Å². The fourth-order valence-electron chi connectivity index (χ4n) is 0.976. The van der Waals surface area contributed by atoms with Gasteiger partial charge >= 0.3 is 0 Å². The Morgan fingerprint density at radius 2 is 2.09 bits per heavy atom. The molecule has 0 aliphatic carbocycles. The summed E-state index contributed by atoms with van der Waals surface area (Å²) in [5.41, 5.74) is 1.93. The van der Waals surface area contributed by atoms with Crippen LogP contribution in [0.15, 0.2) is 24.8 Å². The molecule has 0 saturated carbocycles. The monoisotopic (exact) mass is 145 g/mol. The van der Waals surface area contributed by atoms with Crippen molar-refractivity contribution in [3.8, 4) is 0 Å². The molecule has 0 amide bonds. The highest BCUT2D eigenvalue weighted by Crippen LogP contribution is 2.07. The number of pyridine rings is 1. The van der Waals surface area contributed by atoms with Crippen LogP contribution in [-0.2, 0) is 0 Å². The van der Waals surface area contributed by atoms with Crippen molar-refractivity contribution in [1.82, 2.24) is 15.0 Å². The number of aryl methyl sites for hydroxylation is 1. The van der Waals surface area contributed by atoms with E-state index in [4.69, 9.17) is 0 Å². The first kappa shape index (κ1) is 6.22. The lowest BCUT2D eigenvalue weighted by molar-refractivity contribution is 1.17. The second-order valence-electron chi connectivity index (χ2n) is 2.41. The summed E-state index contributed by atoms with van der Waals surface area (Å²) in [7, 11) is 0. The summed E-state index contributed by atoms with van der Waals surface area (Å²) in [5, 5.41) is 0.984. The van der Waals surface area contributed by atoms with Gasteiger partial charge in [0, 0.05) is 23.5 Å². The van der Waals surface area contributed by atoms with E-state index in [1.807, 2.05) is 13.0 Å². The van der Waals surface area contributed by atoms with E-state index in [0.29, 0.717) is 0 Å². The van der Waals surface area contributed by atoms with E-state index in [1.165, 1.54) is 0 Å². The number of fused-ring (bicyclic) bond motifs is 1. The molecule has 54 valence electrons. The number of aromatic nitrogens is 3. The van der Waals surface area contributed by atoms with Crippen LogP contribution < -0.4 is 0 Å². The van der Waals surface area contributed by atoms with E-state index >= 15 is 0 Å². The van der Waals surface area contributed by atoms with Crippen LogP contribution in [0.2, 0.25) is 0 Å².